The Morgan fingerprint density at radius 1 is 0.966 bits per heavy atom. The Kier molecular flexibility index (Phi) is 6.56. The molecule has 0 radical (unpaired) electrons. The number of rotatable bonds is 7. The fourth-order valence-electron chi connectivity index (χ4n) is 2.64. The smallest absolute Gasteiger partial charge is 0.264 e. The molecule has 150 valence electrons. The quantitative estimate of drug-likeness (QED) is 0.535. The van der Waals surface area contributed by atoms with Gasteiger partial charge in [0.15, 0.2) is 0 Å². The lowest BCUT2D eigenvalue weighted by Gasteiger charge is -2.20. The van der Waals surface area contributed by atoms with Crippen LogP contribution in [0.2, 0.25) is 0 Å². The van der Waals surface area contributed by atoms with Crippen LogP contribution in [0.25, 0.3) is 0 Å². The average Bonchev–Trinajstić information content (AvgIpc) is 2.74. The van der Waals surface area contributed by atoms with Crippen molar-refractivity contribution in [3.05, 3.63) is 83.3 Å². The molecule has 0 spiro atoms. The molecule has 1 amide bonds. The Hall–Kier alpha value is -2.84. The van der Waals surface area contributed by atoms with Gasteiger partial charge in [-0.1, -0.05) is 36.4 Å². The van der Waals surface area contributed by atoms with E-state index in [0.717, 1.165) is 4.47 Å². The second-order valence-corrected chi connectivity index (χ2v) is 9.04. The summed E-state index contributed by atoms with van der Waals surface area (Å²) < 4.78 is 27.8. The van der Waals surface area contributed by atoms with E-state index in [1.165, 1.54) is 23.5 Å². The summed E-state index contributed by atoms with van der Waals surface area (Å²) in [4.78, 5) is 12.3. The van der Waals surface area contributed by atoms with Gasteiger partial charge in [-0.05, 0) is 58.4 Å². The summed E-state index contributed by atoms with van der Waals surface area (Å²) in [5.74, 6) is -0.244. The zero-order chi connectivity index (χ0) is 20.9. The number of hydrogen-bond acceptors (Lipinski definition) is 4. The van der Waals surface area contributed by atoms with Crippen molar-refractivity contribution in [1.29, 1.82) is 0 Å². The third kappa shape index (κ3) is 5.16. The molecule has 6 nitrogen and oxygen atoms in total. The molecule has 0 aliphatic heterocycles. The van der Waals surface area contributed by atoms with Crippen LogP contribution in [0.1, 0.15) is 0 Å². The molecule has 0 aromatic heterocycles. The highest BCUT2D eigenvalue weighted by molar-refractivity contribution is 9.10. The Bertz CT molecular complexity index is 1100. The number of nitrogens with one attached hydrogen (secondary N) is 2. The number of nitrogens with zero attached hydrogens (tertiary/aromatic N) is 1. The van der Waals surface area contributed by atoms with Crippen molar-refractivity contribution in [3.8, 4) is 0 Å². The standard InChI is InChI=1S/C21H20BrN3O3S/c1-25(17-9-3-2-4-10-17)29(27,28)18-11-7-8-16(14-18)23-15-21(26)24-20-13-6-5-12-19(20)22/h2-14,23H,15H2,1H3,(H,24,26). The highest BCUT2D eigenvalue weighted by atomic mass is 79.9. The van der Waals surface area contributed by atoms with E-state index in [1.807, 2.05) is 24.3 Å². The van der Waals surface area contributed by atoms with Crippen LogP contribution in [0.5, 0.6) is 0 Å². The third-order valence-electron chi connectivity index (χ3n) is 4.21. The maximum atomic E-state index is 12.9. The second kappa shape index (κ2) is 9.11. The number of anilines is 3. The number of sulfonamides is 1. The minimum Gasteiger partial charge on any atom is -0.376 e. The lowest BCUT2D eigenvalue weighted by atomic mass is 10.3. The number of carbonyl (C=O) groups is 1. The third-order valence-corrected chi connectivity index (χ3v) is 6.69. The predicted molar refractivity (Wildman–Crippen MR) is 120 cm³/mol. The molecule has 0 fully saturated rings. The van der Waals surface area contributed by atoms with Gasteiger partial charge in [0.25, 0.3) is 10.0 Å². The van der Waals surface area contributed by atoms with E-state index in [9.17, 15) is 13.2 Å². The molecule has 3 aromatic rings. The van der Waals surface area contributed by atoms with Gasteiger partial charge in [-0.2, -0.15) is 0 Å². The van der Waals surface area contributed by atoms with Gasteiger partial charge in [-0.25, -0.2) is 8.42 Å². The number of para-hydroxylation sites is 2. The molecule has 2 N–H and O–H groups in total. The van der Waals surface area contributed by atoms with Gasteiger partial charge in [0.1, 0.15) is 0 Å². The van der Waals surface area contributed by atoms with Crippen LogP contribution in [0.3, 0.4) is 0 Å². The molecular weight excluding hydrogens is 454 g/mol. The fourth-order valence-corrected chi connectivity index (χ4v) is 4.27. The van der Waals surface area contributed by atoms with Gasteiger partial charge in [-0.3, -0.25) is 9.10 Å². The zero-order valence-corrected chi connectivity index (χ0v) is 18.1. The average molecular weight is 474 g/mol. The van der Waals surface area contributed by atoms with E-state index in [2.05, 4.69) is 26.6 Å². The van der Waals surface area contributed by atoms with Gasteiger partial charge in [0.05, 0.1) is 22.8 Å². The molecule has 0 aliphatic carbocycles. The minimum atomic E-state index is -3.72. The van der Waals surface area contributed by atoms with Crippen LogP contribution in [0.15, 0.2) is 88.2 Å². The van der Waals surface area contributed by atoms with E-state index in [1.54, 1.807) is 42.5 Å². The summed E-state index contributed by atoms with van der Waals surface area (Å²) in [6.07, 6.45) is 0. The monoisotopic (exact) mass is 473 g/mol. The second-order valence-electron chi connectivity index (χ2n) is 6.22. The van der Waals surface area contributed by atoms with E-state index in [4.69, 9.17) is 0 Å². The molecule has 0 saturated heterocycles. The first-order valence-corrected chi connectivity index (χ1v) is 11.0. The van der Waals surface area contributed by atoms with Crippen molar-refractivity contribution in [2.75, 3.05) is 28.5 Å². The van der Waals surface area contributed by atoms with Gasteiger partial charge in [0.2, 0.25) is 5.91 Å². The maximum absolute atomic E-state index is 12.9. The lowest BCUT2D eigenvalue weighted by molar-refractivity contribution is -0.114. The van der Waals surface area contributed by atoms with Crippen LogP contribution >= 0.6 is 15.9 Å². The van der Waals surface area contributed by atoms with E-state index in [-0.39, 0.29) is 17.3 Å². The summed E-state index contributed by atoms with van der Waals surface area (Å²) in [5, 5.41) is 5.76. The first-order valence-electron chi connectivity index (χ1n) is 8.80. The highest BCUT2D eigenvalue weighted by Gasteiger charge is 2.21. The van der Waals surface area contributed by atoms with Crippen molar-refractivity contribution >= 4 is 48.9 Å². The Balaban J connectivity index is 1.69. The van der Waals surface area contributed by atoms with Crippen molar-refractivity contribution in [2.24, 2.45) is 0 Å². The minimum absolute atomic E-state index is 0.000635. The molecule has 8 heteroatoms. The first kappa shape index (κ1) is 20.9. The van der Waals surface area contributed by atoms with Crippen LogP contribution in [-0.4, -0.2) is 27.9 Å². The lowest BCUT2D eigenvalue weighted by Crippen LogP contribution is -2.26. The summed E-state index contributed by atoms with van der Waals surface area (Å²) >= 11 is 3.38. The highest BCUT2D eigenvalue weighted by Crippen LogP contribution is 2.24. The summed E-state index contributed by atoms with van der Waals surface area (Å²) in [6.45, 7) is -0.000635. The van der Waals surface area contributed by atoms with E-state index >= 15 is 0 Å². The Morgan fingerprint density at radius 3 is 2.38 bits per heavy atom. The Morgan fingerprint density at radius 2 is 1.66 bits per heavy atom. The van der Waals surface area contributed by atoms with Gasteiger partial charge in [-0.15, -0.1) is 0 Å². The number of halogens is 1. The topological polar surface area (TPSA) is 78.5 Å². The van der Waals surface area contributed by atoms with Crippen LogP contribution < -0.4 is 14.9 Å². The summed E-state index contributed by atoms with van der Waals surface area (Å²) in [6, 6.07) is 22.5. The first-order chi connectivity index (χ1) is 13.9. The van der Waals surface area contributed by atoms with Crippen molar-refractivity contribution in [1.82, 2.24) is 0 Å². The van der Waals surface area contributed by atoms with Crippen LogP contribution in [0, 0.1) is 0 Å². The van der Waals surface area contributed by atoms with Crippen molar-refractivity contribution in [3.63, 3.8) is 0 Å². The predicted octanol–water partition coefficient (Wildman–Crippen LogP) is 4.32. The molecule has 0 atom stereocenters. The van der Waals surface area contributed by atoms with Crippen molar-refractivity contribution < 1.29 is 13.2 Å². The normalized spacial score (nSPS) is 11.0. The molecule has 0 bridgehead atoms. The summed E-state index contributed by atoms with van der Waals surface area (Å²) in [5.41, 5.74) is 1.77. The van der Waals surface area contributed by atoms with E-state index < -0.39 is 10.0 Å². The fraction of sp³-hybridized carbons (Fsp3) is 0.0952. The van der Waals surface area contributed by atoms with Gasteiger partial charge >= 0.3 is 0 Å². The molecule has 0 heterocycles. The van der Waals surface area contributed by atoms with Gasteiger partial charge < -0.3 is 10.6 Å². The molecule has 0 saturated carbocycles. The van der Waals surface area contributed by atoms with E-state index in [0.29, 0.717) is 17.1 Å². The molecule has 3 rings (SSSR count). The molecule has 0 aliphatic rings. The molecule has 3 aromatic carbocycles. The largest absolute Gasteiger partial charge is 0.376 e. The maximum Gasteiger partial charge on any atom is 0.264 e. The van der Waals surface area contributed by atoms with Gasteiger partial charge in [0, 0.05) is 17.2 Å². The number of benzene rings is 3. The van der Waals surface area contributed by atoms with Crippen LogP contribution in [0.4, 0.5) is 17.1 Å². The number of hydrogen-bond donors (Lipinski definition) is 2. The number of amides is 1. The SMILES string of the molecule is CN(c1ccccc1)S(=O)(=O)c1cccc(NCC(=O)Nc2ccccc2Br)c1. The van der Waals surface area contributed by atoms with Crippen molar-refractivity contribution in [2.45, 2.75) is 4.90 Å². The van der Waals surface area contributed by atoms with Crippen LogP contribution in [-0.2, 0) is 14.8 Å². The molecule has 29 heavy (non-hydrogen) atoms. The molecule has 0 unspecified atom stereocenters. The zero-order valence-electron chi connectivity index (χ0n) is 15.7. The number of carbonyl (C=O) groups excluding carboxylic acids is 1. The Labute approximate surface area is 178 Å². The molecular formula is C21H20BrN3O3S. The summed E-state index contributed by atoms with van der Waals surface area (Å²) in [7, 11) is -2.21.